The number of carbonyl (C=O) groups excluding carboxylic acids is 1. The van der Waals surface area contributed by atoms with Crippen molar-refractivity contribution in [1.29, 1.82) is 0 Å². The molecule has 0 bridgehead atoms. The Morgan fingerprint density at radius 1 is 1.15 bits per heavy atom. The second-order valence-corrected chi connectivity index (χ2v) is 8.23. The van der Waals surface area contributed by atoms with E-state index >= 15 is 0 Å². The number of nitrogens with one attached hydrogen (secondary N) is 1. The van der Waals surface area contributed by atoms with Crippen molar-refractivity contribution >= 4 is 15.9 Å². The molecule has 3 rings (SSSR count). The molecule has 8 heteroatoms. The molecule has 1 fully saturated rings. The average molecular weight is 388 g/mol. The molecule has 1 aromatic carbocycles. The van der Waals surface area contributed by atoms with Crippen molar-refractivity contribution in [2.45, 2.75) is 18.4 Å². The maximum Gasteiger partial charge on any atom is 0.253 e. The SMILES string of the molecule is CCNS(=O)(=O)c1cccc(C(=O)N2CCN(Cc3cccnc3)CC2)c1. The van der Waals surface area contributed by atoms with E-state index in [9.17, 15) is 13.2 Å². The molecule has 1 aromatic heterocycles. The summed E-state index contributed by atoms with van der Waals surface area (Å²) in [7, 11) is -3.58. The molecule has 2 aromatic rings. The van der Waals surface area contributed by atoms with Gasteiger partial charge in [-0.3, -0.25) is 14.7 Å². The zero-order valence-electron chi connectivity index (χ0n) is 15.3. The summed E-state index contributed by atoms with van der Waals surface area (Å²) in [6.45, 7) is 5.61. The molecular weight excluding hydrogens is 364 g/mol. The number of rotatable bonds is 6. The van der Waals surface area contributed by atoms with E-state index in [-0.39, 0.29) is 10.8 Å². The largest absolute Gasteiger partial charge is 0.336 e. The first-order valence-electron chi connectivity index (χ1n) is 9.00. The molecule has 1 amide bonds. The molecule has 1 N–H and O–H groups in total. The van der Waals surface area contributed by atoms with Crippen molar-refractivity contribution in [3.8, 4) is 0 Å². The summed E-state index contributed by atoms with van der Waals surface area (Å²) in [6.07, 6.45) is 3.61. The lowest BCUT2D eigenvalue weighted by Gasteiger charge is -2.34. The fourth-order valence-electron chi connectivity index (χ4n) is 3.11. The highest BCUT2D eigenvalue weighted by Gasteiger charge is 2.23. The maximum atomic E-state index is 12.8. The Morgan fingerprint density at radius 3 is 2.59 bits per heavy atom. The molecule has 144 valence electrons. The first-order valence-corrected chi connectivity index (χ1v) is 10.5. The van der Waals surface area contributed by atoms with E-state index in [1.807, 2.05) is 18.3 Å². The molecule has 0 saturated carbocycles. The average Bonchev–Trinajstić information content (AvgIpc) is 2.69. The van der Waals surface area contributed by atoms with Gasteiger partial charge in [0.05, 0.1) is 4.90 Å². The lowest BCUT2D eigenvalue weighted by Crippen LogP contribution is -2.48. The molecule has 0 atom stereocenters. The zero-order valence-corrected chi connectivity index (χ0v) is 16.2. The van der Waals surface area contributed by atoms with Crippen LogP contribution in [-0.4, -0.2) is 61.8 Å². The maximum absolute atomic E-state index is 12.8. The summed E-state index contributed by atoms with van der Waals surface area (Å²) in [5.41, 5.74) is 1.55. The van der Waals surface area contributed by atoms with E-state index in [4.69, 9.17) is 0 Å². The van der Waals surface area contributed by atoms with E-state index in [0.717, 1.165) is 25.2 Å². The van der Waals surface area contributed by atoms with Crippen molar-refractivity contribution in [2.75, 3.05) is 32.7 Å². The standard InChI is InChI=1S/C19H24N4O3S/c1-2-21-27(25,26)18-7-3-6-17(13-18)19(24)23-11-9-22(10-12-23)15-16-5-4-8-20-14-16/h3-8,13-14,21H,2,9-12,15H2,1H3. The number of aromatic nitrogens is 1. The van der Waals surface area contributed by atoms with Crippen molar-refractivity contribution < 1.29 is 13.2 Å². The number of hydrogen-bond acceptors (Lipinski definition) is 5. The molecular formula is C19H24N4O3S. The van der Waals surface area contributed by atoms with E-state index < -0.39 is 10.0 Å². The Hall–Kier alpha value is -2.29. The molecule has 1 aliphatic heterocycles. The normalized spacial score (nSPS) is 15.7. The number of amides is 1. The fourth-order valence-corrected chi connectivity index (χ4v) is 4.20. The van der Waals surface area contributed by atoms with E-state index in [2.05, 4.69) is 14.6 Å². The van der Waals surface area contributed by atoms with Gasteiger partial charge in [-0.15, -0.1) is 0 Å². The van der Waals surface area contributed by atoms with Crippen LogP contribution in [0.15, 0.2) is 53.7 Å². The van der Waals surface area contributed by atoms with Crippen LogP contribution in [0.25, 0.3) is 0 Å². The minimum atomic E-state index is -3.58. The number of benzene rings is 1. The molecule has 27 heavy (non-hydrogen) atoms. The van der Waals surface area contributed by atoms with Gasteiger partial charge in [-0.1, -0.05) is 19.1 Å². The third kappa shape index (κ3) is 4.91. The number of hydrogen-bond donors (Lipinski definition) is 1. The summed E-state index contributed by atoms with van der Waals surface area (Å²) < 4.78 is 26.8. The monoisotopic (exact) mass is 388 g/mol. The molecule has 1 aliphatic rings. The Kier molecular flexibility index (Phi) is 6.20. The predicted octanol–water partition coefficient (Wildman–Crippen LogP) is 1.34. The molecule has 0 unspecified atom stereocenters. The highest BCUT2D eigenvalue weighted by molar-refractivity contribution is 7.89. The smallest absolute Gasteiger partial charge is 0.253 e. The summed E-state index contributed by atoms with van der Waals surface area (Å²) in [4.78, 5) is 21.1. The molecule has 0 spiro atoms. The van der Waals surface area contributed by atoms with Crippen LogP contribution in [-0.2, 0) is 16.6 Å². The molecule has 0 radical (unpaired) electrons. The summed E-state index contributed by atoms with van der Waals surface area (Å²) >= 11 is 0. The number of carbonyl (C=O) groups is 1. The number of nitrogens with zero attached hydrogens (tertiary/aromatic N) is 3. The Bertz CT molecular complexity index is 879. The van der Waals surface area contributed by atoms with Crippen LogP contribution in [0, 0.1) is 0 Å². The fraction of sp³-hybridized carbons (Fsp3) is 0.368. The van der Waals surface area contributed by atoms with Crippen molar-refractivity contribution in [3.05, 3.63) is 59.9 Å². The predicted molar refractivity (Wildman–Crippen MR) is 103 cm³/mol. The lowest BCUT2D eigenvalue weighted by atomic mass is 10.1. The van der Waals surface area contributed by atoms with Gasteiger partial charge in [-0.05, 0) is 29.8 Å². The van der Waals surface area contributed by atoms with E-state index in [1.165, 1.54) is 12.1 Å². The van der Waals surface area contributed by atoms with Crippen molar-refractivity contribution in [2.24, 2.45) is 0 Å². The third-order valence-corrected chi connectivity index (χ3v) is 6.06. The minimum Gasteiger partial charge on any atom is -0.336 e. The van der Waals surface area contributed by atoms with Crippen molar-refractivity contribution in [1.82, 2.24) is 19.5 Å². The summed E-state index contributed by atoms with van der Waals surface area (Å²) in [5.74, 6) is -0.135. The second kappa shape index (κ2) is 8.60. The number of piperazine rings is 1. The first-order chi connectivity index (χ1) is 13.0. The quantitative estimate of drug-likeness (QED) is 0.807. The van der Waals surface area contributed by atoms with E-state index in [1.54, 1.807) is 30.2 Å². The number of pyridine rings is 1. The van der Waals surface area contributed by atoms with Crippen LogP contribution in [0.5, 0.6) is 0 Å². The Balaban J connectivity index is 1.62. The van der Waals surface area contributed by atoms with Crippen LogP contribution in [0.4, 0.5) is 0 Å². The Labute approximate surface area is 160 Å². The van der Waals surface area contributed by atoms with Gasteiger partial charge in [0.2, 0.25) is 10.0 Å². The highest BCUT2D eigenvalue weighted by Crippen LogP contribution is 2.15. The van der Waals surface area contributed by atoms with Crippen LogP contribution in [0.3, 0.4) is 0 Å². The Morgan fingerprint density at radius 2 is 1.93 bits per heavy atom. The van der Waals surface area contributed by atoms with Gasteiger partial charge in [-0.2, -0.15) is 0 Å². The molecule has 1 saturated heterocycles. The summed E-state index contributed by atoms with van der Waals surface area (Å²) in [5, 5.41) is 0. The molecule has 7 nitrogen and oxygen atoms in total. The topological polar surface area (TPSA) is 82.6 Å². The van der Waals surface area contributed by atoms with Gasteiger partial charge in [-0.25, -0.2) is 13.1 Å². The van der Waals surface area contributed by atoms with Crippen LogP contribution in [0.1, 0.15) is 22.8 Å². The van der Waals surface area contributed by atoms with Gasteiger partial charge in [0.15, 0.2) is 0 Å². The van der Waals surface area contributed by atoms with Gasteiger partial charge in [0, 0.05) is 57.2 Å². The highest BCUT2D eigenvalue weighted by atomic mass is 32.2. The van der Waals surface area contributed by atoms with Gasteiger partial charge >= 0.3 is 0 Å². The molecule has 0 aliphatic carbocycles. The summed E-state index contributed by atoms with van der Waals surface area (Å²) in [6, 6.07) is 10.2. The van der Waals surface area contributed by atoms with Gasteiger partial charge < -0.3 is 4.90 Å². The zero-order chi connectivity index (χ0) is 19.3. The second-order valence-electron chi connectivity index (χ2n) is 6.46. The third-order valence-electron chi connectivity index (χ3n) is 4.51. The molecule has 2 heterocycles. The van der Waals surface area contributed by atoms with Crippen LogP contribution in [0.2, 0.25) is 0 Å². The minimum absolute atomic E-state index is 0.116. The van der Waals surface area contributed by atoms with Crippen molar-refractivity contribution in [3.63, 3.8) is 0 Å². The van der Waals surface area contributed by atoms with Gasteiger partial charge in [0.25, 0.3) is 5.91 Å². The van der Waals surface area contributed by atoms with E-state index in [0.29, 0.717) is 25.2 Å². The van der Waals surface area contributed by atoms with Crippen LogP contribution < -0.4 is 4.72 Å². The number of sulfonamides is 1. The lowest BCUT2D eigenvalue weighted by molar-refractivity contribution is 0.0628. The first kappa shape index (κ1) is 19.5. The van der Waals surface area contributed by atoms with Gasteiger partial charge in [0.1, 0.15) is 0 Å². The van der Waals surface area contributed by atoms with Crippen LogP contribution >= 0.6 is 0 Å².